The van der Waals surface area contributed by atoms with Crippen molar-refractivity contribution in [1.82, 2.24) is 15.6 Å². The Balaban J connectivity index is 1.90. The van der Waals surface area contributed by atoms with Crippen molar-refractivity contribution in [3.63, 3.8) is 0 Å². The number of nitrogens with zero attached hydrogens (tertiary/aromatic N) is 1. The smallest absolute Gasteiger partial charge is 0.222 e. The summed E-state index contributed by atoms with van der Waals surface area (Å²) in [5, 5.41) is 7.86. The van der Waals surface area contributed by atoms with Gasteiger partial charge < -0.3 is 10.6 Å². The van der Waals surface area contributed by atoms with Gasteiger partial charge in [0.05, 0.1) is 5.52 Å². The van der Waals surface area contributed by atoms with Crippen LogP contribution in [0.25, 0.3) is 10.9 Å². The van der Waals surface area contributed by atoms with E-state index >= 15 is 0 Å². The summed E-state index contributed by atoms with van der Waals surface area (Å²) in [7, 11) is 0. The molecule has 1 aromatic carbocycles. The first-order chi connectivity index (χ1) is 10.1. The van der Waals surface area contributed by atoms with Crippen LogP contribution in [0.4, 0.5) is 0 Å². The van der Waals surface area contributed by atoms with Crippen molar-refractivity contribution < 1.29 is 4.79 Å². The molecule has 0 saturated carbocycles. The highest BCUT2D eigenvalue weighted by atomic mass is 35.5. The molecule has 2 aromatic rings. The number of carbonyl (C=O) groups is 1. The molecule has 2 rings (SSSR count). The zero-order valence-corrected chi connectivity index (χ0v) is 13.1. The van der Waals surface area contributed by atoms with Gasteiger partial charge in [0.25, 0.3) is 0 Å². The minimum atomic E-state index is 0.0226. The van der Waals surface area contributed by atoms with Crippen LogP contribution in [0.5, 0.6) is 0 Å². The van der Waals surface area contributed by atoms with Gasteiger partial charge in [-0.15, -0.1) is 0 Å². The number of fused-ring (bicyclic) bond motifs is 1. The van der Waals surface area contributed by atoms with Crippen LogP contribution in [0.15, 0.2) is 30.5 Å². The zero-order valence-electron chi connectivity index (χ0n) is 12.3. The topological polar surface area (TPSA) is 54.0 Å². The van der Waals surface area contributed by atoms with E-state index in [1.165, 1.54) is 0 Å². The standard InChI is InChI=1S/C16H20ClN3O/c1-11(2)16(21)20-9-8-18-10-12-5-6-14(17)13-4-3-7-19-15(12)13/h3-7,11,18H,8-10H2,1-2H3,(H,20,21). The maximum Gasteiger partial charge on any atom is 0.222 e. The Labute approximate surface area is 129 Å². The average Bonchev–Trinajstić information content (AvgIpc) is 2.49. The molecule has 0 atom stereocenters. The number of rotatable bonds is 6. The molecule has 0 aliphatic carbocycles. The van der Waals surface area contributed by atoms with Crippen molar-refractivity contribution >= 4 is 28.4 Å². The second-order valence-corrected chi connectivity index (χ2v) is 5.64. The number of aromatic nitrogens is 1. The quantitative estimate of drug-likeness (QED) is 0.807. The third-order valence-electron chi connectivity index (χ3n) is 3.24. The normalized spacial score (nSPS) is 11.0. The summed E-state index contributed by atoms with van der Waals surface area (Å²) in [4.78, 5) is 15.8. The van der Waals surface area contributed by atoms with Crippen LogP contribution in [0, 0.1) is 5.92 Å². The van der Waals surface area contributed by atoms with E-state index in [1.807, 2.05) is 38.1 Å². The number of benzene rings is 1. The van der Waals surface area contributed by atoms with Gasteiger partial charge in [-0.25, -0.2) is 0 Å². The summed E-state index contributed by atoms with van der Waals surface area (Å²) in [6.45, 7) is 5.80. The van der Waals surface area contributed by atoms with E-state index in [1.54, 1.807) is 6.20 Å². The first-order valence-corrected chi connectivity index (χ1v) is 7.48. The molecule has 1 heterocycles. The van der Waals surface area contributed by atoms with Crippen molar-refractivity contribution in [1.29, 1.82) is 0 Å². The van der Waals surface area contributed by atoms with Crippen molar-refractivity contribution in [2.45, 2.75) is 20.4 Å². The zero-order chi connectivity index (χ0) is 15.2. The molecule has 1 amide bonds. The first-order valence-electron chi connectivity index (χ1n) is 7.10. The Bertz CT molecular complexity index is 628. The molecule has 0 bridgehead atoms. The van der Waals surface area contributed by atoms with Gasteiger partial charge in [0, 0.05) is 42.2 Å². The van der Waals surface area contributed by atoms with E-state index in [0.29, 0.717) is 18.1 Å². The lowest BCUT2D eigenvalue weighted by Gasteiger charge is -2.10. The van der Waals surface area contributed by atoms with Gasteiger partial charge >= 0.3 is 0 Å². The molecule has 1 aromatic heterocycles. The lowest BCUT2D eigenvalue weighted by molar-refractivity contribution is -0.123. The number of nitrogens with one attached hydrogen (secondary N) is 2. The van der Waals surface area contributed by atoms with Crippen molar-refractivity contribution in [3.8, 4) is 0 Å². The molecule has 0 spiro atoms. The van der Waals surface area contributed by atoms with Crippen LogP contribution >= 0.6 is 11.6 Å². The summed E-state index contributed by atoms with van der Waals surface area (Å²) < 4.78 is 0. The number of halogens is 1. The monoisotopic (exact) mass is 305 g/mol. The molecule has 2 N–H and O–H groups in total. The maximum absolute atomic E-state index is 11.4. The fourth-order valence-corrected chi connectivity index (χ4v) is 2.26. The summed E-state index contributed by atoms with van der Waals surface area (Å²) in [6.07, 6.45) is 1.77. The van der Waals surface area contributed by atoms with Gasteiger partial charge in [-0.2, -0.15) is 0 Å². The third-order valence-corrected chi connectivity index (χ3v) is 3.57. The van der Waals surface area contributed by atoms with Crippen LogP contribution in [0.1, 0.15) is 19.4 Å². The van der Waals surface area contributed by atoms with E-state index in [0.717, 1.165) is 23.0 Å². The van der Waals surface area contributed by atoms with E-state index in [9.17, 15) is 4.79 Å². The summed E-state index contributed by atoms with van der Waals surface area (Å²) in [6, 6.07) is 7.73. The molecular formula is C16H20ClN3O. The molecular weight excluding hydrogens is 286 g/mol. The van der Waals surface area contributed by atoms with Crippen molar-refractivity contribution in [2.75, 3.05) is 13.1 Å². The van der Waals surface area contributed by atoms with Crippen molar-refractivity contribution in [2.24, 2.45) is 5.92 Å². The van der Waals surface area contributed by atoms with E-state index in [-0.39, 0.29) is 11.8 Å². The van der Waals surface area contributed by atoms with E-state index in [2.05, 4.69) is 15.6 Å². The van der Waals surface area contributed by atoms with Crippen LogP contribution in [0.3, 0.4) is 0 Å². The third kappa shape index (κ3) is 4.16. The first kappa shape index (κ1) is 15.7. The van der Waals surface area contributed by atoms with Gasteiger partial charge in [0.1, 0.15) is 0 Å². The highest BCUT2D eigenvalue weighted by Crippen LogP contribution is 2.24. The molecule has 112 valence electrons. The molecule has 21 heavy (non-hydrogen) atoms. The Morgan fingerprint density at radius 2 is 2.10 bits per heavy atom. The Hall–Kier alpha value is -1.65. The van der Waals surface area contributed by atoms with E-state index < -0.39 is 0 Å². The van der Waals surface area contributed by atoms with Crippen molar-refractivity contribution in [3.05, 3.63) is 41.0 Å². The molecule has 0 unspecified atom stereocenters. The van der Waals surface area contributed by atoms with Gasteiger partial charge in [-0.05, 0) is 23.8 Å². The Morgan fingerprint density at radius 1 is 1.29 bits per heavy atom. The summed E-state index contributed by atoms with van der Waals surface area (Å²) in [5.74, 6) is 0.102. The van der Waals surface area contributed by atoms with E-state index in [4.69, 9.17) is 11.6 Å². The average molecular weight is 306 g/mol. The molecule has 0 fully saturated rings. The maximum atomic E-state index is 11.4. The molecule has 0 radical (unpaired) electrons. The summed E-state index contributed by atoms with van der Waals surface area (Å²) in [5.41, 5.74) is 2.02. The molecule has 4 nitrogen and oxygen atoms in total. The highest BCUT2D eigenvalue weighted by Gasteiger charge is 2.06. The lowest BCUT2D eigenvalue weighted by Crippen LogP contribution is -2.34. The Kier molecular flexibility index (Phi) is 5.53. The fraction of sp³-hybridized carbons (Fsp3) is 0.375. The second kappa shape index (κ2) is 7.38. The van der Waals surface area contributed by atoms with Gasteiger partial charge in [0.15, 0.2) is 0 Å². The minimum Gasteiger partial charge on any atom is -0.355 e. The number of pyridine rings is 1. The van der Waals surface area contributed by atoms with Gasteiger partial charge in [-0.3, -0.25) is 9.78 Å². The van der Waals surface area contributed by atoms with Crippen LogP contribution in [0.2, 0.25) is 5.02 Å². The number of hydrogen-bond donors (Lipinski definition) is 2. The lowest BCUT2D eigenvalue weighted by atomic mass is 10.1. The highest BCUT2D eigenvalue weighted by molar-refractivity contribution is 6.35. The fourth-order valence-electron chi connectivity index (χ4n) is 2.04. The van der Waals surface area contributed by atoms with Gasteiger partial charge in [-0.1, -0.05) is 31.5 Å². The molecule has 0 aliphatic heterocycles. The second-order valence-electron chi connectivity index (χ2n) is 5.23. The predicted molar refractivity (Wildman–Crippen MR) is 86.3 cm³/mol. The van der Waals surface area contributed by atoms with Crippen LogP contribution in [-0.4, -0.2) is 24.0 Å². The SMILES string of the molecule is CC(C)C(=O)NCCNCc1ccc(Cl)c2cccnc12. The van der Waals surface area contributed by atoms with Gasteiger partial charge in [0.2, 0.25) is 5.91 Å². The minimum absolute atomic E-state index is 0.0226. The molecule has 5 heteroatoms. The number of amides is 1. The summed E-state index contributed by atoms with van der Waals surface area (Å²) >= 11 is 6.17. The predicted octanol–water partition coefficient (Wildman–Crippen LogP) is 2.75. The van der Waals surface area contributed by atoms with Crippen LogP contribution < -0.4 is 10.6 Å². The molecule has 0 aliphatic rings. The largest absolute Gasteiger partial charge is 0.355 e. The number of hydrogen-bond acceptors (Lipinski definition) is 3. The molecule has 0 saturated heterocycles. The Morgan fingerprint density at radius 3 is 2.86 bits per heavy atom. The van der Waals surface area contributed by atoms with Crippen LogP contribution in [-0.2, 0) is 11.3 Å². The number of carbonyl (C=O) groups excluding carboxylic acids is 1.